The first-order valence-electron chi connectivity index (χ1n) is 20.8. The largest absolute Gasteiger partial charge is 0.452 e. The summed E-state index contributed by atoms with van der Waals surface area (Å²) in [7, 11) is 0. The number of para-hydroxylation sites is 2. The van der Waals surface area contributed by atoms with Gasteiger partial charge in [0, 0.05) is 24.3 Å². The van der Waals surface area contributed by atoms with Crippen molar-refractivity contribution < 1.29 is 11.6 Å². The third-order valence-corrected chi connectivity index (χ3v) is 11.2. The molecule has 0 radical (unpaired) electrons. The molecule has 10 rings (SSSR count). The molecule has 4 heteroatoms. The normalized spacial score (nSPS) is 13.4. The standard InChI is InChI=1S/C52H46N2O2/c1-30(2)41-25-35(32-15-9-8-10-16-32)26-42(31(3)4)47(41)54-45-28-43-33(17-13-18-34(43)29-52(5,6)7)27-44(45)53-51(54)40-21-14-20-37-39-24-23-38-36-19-11-12-22-46(36)55-49(38)50(39)56-48(37)40/h8-28,30-31H,29H2,1-7H3/i29D2. The van der Waals surface area contributed by atoms with Crippen molar-refractivity contribution in [3.8, 4) is 28.2 Å². The van der Waals surface area contributed by atoms with Gasteiger partial charge in [-0.25, -0.2) is 4.98 Å². The lowest BCUT2D eigenvalue weighted by molar-refractivity contribution is 0.412. The van der Waals surface area contributed by atoms with Crippen molar-refractivity contribution in [2.45, 2.75) is 66.7 Å². The molecule has 0 aliphatic carbocycles. The molecule has 3 heterocycles. The summed E-state index contributed by atoms with van der Waals surface area (Å²) in [6.07, 6.45) is -1.60. The fourth-order valence-corrected chi connectivity index (χ4v) is 8.60. The SMILES string of the molecule is [2H]C([2H])(c1cccc2cc3nc(-c4cccc5c4oc4c5ccc5c6ccccc6oc54)n(-c4c(C(C)C)cc(-c5ccccc5)cc4C(C)C)c3cc12)C(C)(C)C. The van der Waals surface area contributed by atoms with E-state index in [0.717, 1.165) is 82.8 Å². The summed E-state index contributed by atoms with van der Waals surface area (Å²) < 4.78 is 34.6. The Kier molecular flexibility index (Phi) is 7.30. The van der Waals surface area contributed by atoms with E-state index in [0.29, 0.717) is 5.56 Å². The molecule has 0 saturated carbocycles. The maximum Gasteiger partial charge on any atom is 0.178 e. The molecule has 0 N–H and O–H groups in total. The third-order valence-electron chi connectivity index (χ3n) is 11.2. The van der Waals surface area contributed by atoms with E-state index in [1.807, 2.05) is 51.1 Å². The Labute approximate surface area is 330 Å². The molecule has 0 spiro atoms. The van der Waals surface area contributed by atoms with E-state index in [1.165, 1.54) is 22.3 Å². The van der Waals surface area contributed by atoms with Crippen molar-refractivity contribution in [2.75, 3.05) is 0 Å². The number of aromatic nitrogens is 2. The van der Waals surface area contributed by atoms with Crippen LogP contribution >= 0.6 is 0 Å². The van der Waals surface area contributed by atoms with Crippen molar-refractivity contribution in [3.05, 3.63) is 144 Å². The monoisotopic (exact) mass is 732 g/mol. The summed E-state index contributed by atoms with van der Waals surface area (Å²) in [5.41, 5.74) is 11.6. The van der Waals surface area contributed by atoms with Crippen LogP contribution in [0.25, 0.3) is 93.9 Å². The molecule has 0 fully saturated rings. The van der Waals surface area contributed by atoms with Gasteiger partial charge in [0.2, 0.25) is 0 Å². The Balaban J connectivity index is 1.34. The molecule has 0 aliphatic rings. The fraction of sp³-hybridized carbons (Fsp3) is 0.212. The number of hydrogen-bond acceptors (Lipinski definition) is 3. The Morgan fingerprint density at radius 2 is 1.25 bits per heavy atom. The molecule has 10 aromatic rings. The van der Waals surface area contributed by atoms with Crippen molar-refractivity contribution in [3.63, 3.8) is 0 Å². The lowest BCUT2D eigenvalue weighted by Gasteiger charge is -2.24. The van der Waals surface area contributed by atoms with Crippen LogP contribution in [-0.2, 0) is 6.37 Å². The Hall–Kier alpha value is -6.13. The summed E-state index contributed by atoms with van der Waals surface area (Å²) in [4.78, 5) is 5.53. The lowest BCUT2D eigenvalue weighted by atomic mass is 9.86. The molecule has 3 aromatic heterocycles. The van der Waals surface area contributed by atoms with Crippen LogP contribution in [0.5, 0.6) is 0 Å². The van der Waals surface area contributed by atoms with Crippen LogP contribution in [0.4, 0.5) is 0 Å². The van der Waals surface area contributed by atoms with E-state index in [1.54, 1.807) is 0 Å². The highest BCUT2D eigenvalue weighted by molar-refractivity contribution is 6.20. The molecule has 0 amide bonds. The highest BCUT2D eigenvalue weighted by Crippen LogP contribution is 2.45. The maximum absolute atomic E-state index is 9.41. The van der Waals surface area contributed by atoms with Crippen LogP contribution in [0.1, 0.15) is 79.7 Å². The smallest absolute Gasteiger partial charge is 0.178 e. The Bertz CT molecular complexity index is 3220. The number of rotatable bonds is 6. The van der Waals surface area contributed by atoms with Gasteiger partial charge in [-0.2, -0.15) is 0 Å². The van der Waals surface area contributed by atoms with Gasteiger partial charge in [-0.05, 0) is 111 Å². The van der Waals surface area contributed by atoms with E-state index in [-0.39, 0.29) is 11.8 Å². The zero-order valence-electron chi connectivity index (χ0n) is 35.0. The highest BCUT2D eigenvalue weighted by atomic mass is 16.4. The molecule has 7 aromatic carbocycles. The van der Waals surface area contributed by atoms with Gasteiger partial charge in [-0.15, -0.1) is 0 Å². The quantitative estimate of drug-likeness (QED) is 0.171. The number of furan rings is 2. The van der Waals surface area contributed by atoms with E-state index < -0.39 is 11.8 Å². The topological polar surface area (TPSA) is 44.1 Å². The van der Waals surface area contributed by atoms with E-state index in [4.69, 9.17) is 13.8 Å². The second kappa shape index (κ2) is 12.7. The minimum atomic E-state index is -1.60. The van der Waals surface area contributed by atoms with Gasteiger partial charge in [0.1, 0.15) is 17.0 Å². The van der Waals surface area contributed by atoms with Gasteiger partial charge in [0.15, 0.2) is 11.2 Å². The molecule has 56 heavy (non-hydrogen) atoms. The minimum Gasteiger partial charge on any atom is -0.452 e. The molecule has 0 atom stereocenters. The lowest BCUT2D eigenvalue weighted by Crippen LogP contribution is -2.10. The minimum absolute atomic E-state index is 0.177. The van der Waals surface area contributed by atoms with Crippen molar-refractivity contribution in [1.29, 1.82) is 0 Å². The number of nitrogens with zero attached hydrogens (tertiary/aromatic N) is 2. The molecule has 0 bridgehead atoms. The first-order valence-corrected chi connectivity index (χ1v) is 19.8. The van der Waals surface area contributed by atoms with Crippen molar-refractivity contribution in [1.82, 2.24) is 9.55 Å². The van der Waals surface area contributed by atoms with Gasteiger partial charge < -0.3 is 8.83 Å². The van der Waals surface area contributed by atoms with Crippen LogP contribution < -0.4 is 0 Å². The predicted molar refractivity (Wildman–Crippen MR) is 235 cm³/mol. The first-order chi connectivity index (χ1) is 27.8. The molecule has 0 unspecified atom stereocenters. The average Bonchev–Trinajstić information content (AvgIpc) is 3.90. The average molecular weight is 733 g/mol. The van der Waals surface area contributed by atoms with Gasteiger partial charge in [0.05, 0.1) is 22.3 Å². The van der Waals surface area contributed by atoms with Crippen molar-refractivity contribution in [2.24, 2.45) is 5.41 Å². The van der Waals surface area contributed by atoms with Gasteiger partial charge in [-0.3, -0.25) is 4.57 Å². The van der Waals surface area contributed by atoms with Gasteiger partial charge in [-0.1, -0.05) is 127 Å². The summed E-state index contributed by atoms with van der Waals surface area (Å²) >= 11 is 0. The van der Waals surface area contributed by atoms with Crippen LogP contribution in [0, 0.1) is 5.41 Å². The molecule has 0 saturated heterocycles. The zero-order chi connectivity index (χ0) is 40.2. The van der Waals surface area contributed by atoms with E-state index in [9.17, 15) is 2.74 Å². The van der Waals surface area contributed by atoms with E-state index in [2.05, 4.69) is 129 Å². The first kappa shape index (κ1) is 32.1. The predicted octanol–water partition coefficient (Wildman–Crippen LogP) is 15.1. The molecular formula is C52H46N2O2. The third kappa shape index (κ3) is 5.45. The van der Waals surface area contributed by atoms with Crippen LogP contribution in [0.2, 0.25) is 0 Å². The highest BCUT2D eigenvalue weighted by Gasteiger charge is 2.27. The molecular weight excluding hydrogens is 685 g/mol. The van der Waals surface area contributed by atoms with Crippen LogP contribution in [0.3, 0.4) is 0 Å². The van der Waals surface area contributed by atoms with Crippen molar-refractivity contribution >= 4 is 65.7 Å². The summed E-state index contributed by atoms with van der Waals surface area (Å²) in [6, 6.07) is 44.3. The Morgan fingerprint density at radius 1 is 0.607 bits per heavy atom. The second-order valence-corrected chi connectivity index (χ2v) is 16.9. The zero-order valence-corrected chi connectivity index (χ0v) is 33.0. The molecule has 276 valence electrons. The van der Waals surface area contributed by atoms with Crippen LogP contribution in [-0.4, -0.2) is 9.55 Å². The number of hydrogen-bond donors (Lipinski definition) is 0. The van der Waals surface area contributed by atoms with Gasteiger partial charge in [0.25, 0.3) is 0 Å². The number of imidazole rings is 1. The number of fused-ring (bicyclic) bond motifs is 9. The van der Waals surface area contributed by atoms with Crippen LogP contribution in [0.15, 0.2) is 136 Å². The Morgan fingerprint density at radius 3 is 1.98 bits per heavy atom. The second-order valence-electron chi connectivity index (χ2n) is 16.9. The molecule has 0 aliphatic heterocycles. The van der Waals surface area contributed by atoms with E-state index >= 15 is 0 Å². The fourth-order valence-electron chi connectivity index (χ4n) is 8.60. The maximum atomic E-state index is 9.41. The number of benzene rings is 7. The summed E-state index contributed by atoms with van der Waals surface area (Å²) in [6.45, 7) is 15.0. The van der Waals surface area contributed by atoms with Gasteiger partial charge >= 0.3 is 0 Å². The molecule has 4 nitrogen and oxygen atoms in total. The summed E-state index contributed by atoms with van der Waals surface area (Å²) in [5.74, 6) is 1.12. The summed E-state index contributed by atoms with van der Waals surface area (Å²) in [5, 5.41) is 5.91.